The number of nitrogens with zero attached hydrogens (tertiary/aromatic N) is 2. The Hall–Kier alpha value is -3.95. The van der Waals surface area contributed by atoms with Crippen molar-refractivity contribution in [3.63, 3.8) is 0 Å². The van der Waals surface area contributed by atoms with Crippen LogP contribution in [0, 0.1) is 6.92 Å². The number of hydrogen-bond acceptors (Lipinski definition) is 7. The van der Waals surface area contributed by atoms with Gasteiger partial charge in [0, 0.05) is 10.6 Å². The predicted octanol–water partition coefficient (Wildman–Crippen LogP) is 3.96. The molecule has 9 heteroatoms. The number of benzene rings is 2. The molecule has 0 bridgehead atoms. The molecule has 1 aliphatic rings. The van der Waals surface area contributed by atoms with Gasteiger partial charge in [-0.25, -0.2) is 4.99 Å². The van der Waals surface area contributed by atoms with Crippen LogP contribution in [0.4, 0.5) is 5.69 Å². The van der Waals surface area contributed by atoms with Crippen LogP contribution in [0.5, 0.6) is 11.5 Å². The summed E-state index contributed by atoms with van der Waals surface area (Å²) in [6.45, 7) is 3.73. The number of thiophene rings is 1. The van der Waals surface area contributed by atoms with Crippen LogP contribution in [-0.4, -0.2) is 22.7 Å². The molecule has 2 aromatic heterocycles. The molecule has 1 atom stereocenters. The number of aromatic nitrogens is 1. The summed E-state index contributed by atoms with van der Waals surface area (Å²) in [5.41, 5.74) is 3.13. The number of carbonyl (C=O) groups is 1. The van der Waals surface area contributed by atoms with Crippen LogP contribution in [0.3, 0.4) is 0 Å². The molecule has 7 nitrogen and oxygen atoms in total. The Bertz CT molecular complexity index is 1680. The monoisotopic (exact) mass is 517 g/mol. The standard InChI is InChI=1S/C27H23N3O4S2/c1-15-7-4-5-8-18(15)29-25(32)23-16(2)28-27-30(24(23)21-9-6-12-35-21)26(33)22(36-27)14-17-10-11-19(31)20(13-17)34-3/h4-14,24,31H,1-3H3,(H,29,32)/b22-14+/t24-/m1/s1. The first-order valence-corrected chi connectivity index (χ1v) is 12.9. The van der Waals surface area contributed by atoms with Crippen LogP contribution in [0.25, 0.3) is 6.08 Å². The summed E-state index contributed by atoms with van der Waals surface area (Å²) < 4.78 is 7.26. The molecule has 182 valence electrons. The van der Waals surface area contributed by atoms with E-state index in [1.54, 1.807) is 29.7 Å². The number of nitrogens with one attached hydrogen (secondary N) is 1. The normalized spacial score (nSPS) is 15.4. The Morgan fingerprint density at radius 2 is 1.97 bits per heavy atom. The minimum atomic E-state index is -0.596. The summed E-state index contributed by atoms with van der Waals surface area (Å²) in [6, 6.07) is 15.7. The Labute approximate surface area is 215 Å². The van der Waals surface area contributed by atoms with Gasteiger partial charge in [0.25, 0.3) is 11.5 Å². The number of amides is 1. The van der Waals surface area contributed by atoms with Crippen LogP contribution in [0.15, 0.2) is 81.0 Å². The lowest BCUT2D eigenvalue weighted by molar-refractivity contribution is -0.113. The van der Waals surface area contributed by atoms with E-state index in [-0.39, 0.29) is 17.2 Å². The number of hydrogen-bond donors (Lipinski definition) is 2. The molecule has 0 saturated carbocycles. The van der Waals surface area contributed by atoms with Crippen molar-refractivity contribution in [2.24, 2.45) is 4.99 Å². The van der Waals surface area contributed by atoms with Crippen LogP contribution in [0.2, 0.25) is 0 Å². The van der Waals surface area contributed by atoms with Crippen LogP contribution < -0.4 is 24.9 Å². The zero-order valence-corrected chi connectivity index (χ0v) is 21.4. The highest BCUT2D eigenvalue weighted by atomic mass is 32.1. The lowest BCUT2D eigenvalue weighted by atomic mass is 10.0. The number of thiazole rings is 1. The first kappa shape index (κ1) is 23.8. The van der Waals surface area contributed by atoms with E-state index in [9.17, 15) is 14.7 Å². The molecule has 0 fully saturated rings. The van der Waals surface area contributed by atoms with Gasteiger partial charge in [0.15, 0.2) is 16.3 Å². The number of fused-ring (bicyclic) bond motifs is 1. The summed E-state index contributed by atoms with van der Waals surface area (Å²) in [6.07, 6.45) is 1.74. The van der Waals surface area contributed by atoms with E-state index in [4.69, 9.17) is 4.74 Å². The number of rotatable bonds is 5. The quantitative estimate of drug-likeness (QED) is 0.419. The Balaban J connectivity index is 1.64. The van der Waals surface area contributed by atoms with E-state index in [2.05, 4.69) is 10.3 Å². The van der Waals surface area contributed by atoms with Gasteiger partial charge in [0.05, 0.1) is 22.9 Å². The summed E-state index contributed by atoms with van der Waals surface area (Å²) in [5, 5.41) is 14.8. The fourth-order valence-corrected chi connectivity index (χ4v) is 6.04. The molecule has 0 unspecified atom stereocenters. The van der Waals surface area contributed by atoms with Gasteiger partial charge in [-0.2, -0.15) is 0 Å². The van der Waals surface area contributed by atoms with Crippen molar-refractivity contribution < 1.29 is 14.6 Å². The van der Waals surface area contributed by atoms with Crippen molar-refractivity contribution in [1.82, 2.24) is 4.57 Å². The van der Waals surface area contributed by atoms with Crippen molar-refractivity contribution in [2.75, 3.05) is 12.4 Å². The number of allylic oxidation sites excluding steroid dienone is 1. The van der Waals surface area contributed by atoms with Gasteiger partial charge in [-0.3, -0.25) is 14.2 Å². The van der Waals surface area contributed by atoms with Crippen molar-refractivity contribution in [2.45, 2.75) is 19.9 Å². The minimum absolute atomic E-state index is 0.0220. The largest absolute Gasteiger partial charge is 0.504 e. The average molecular weight is 518 g/mol. The predicted molar refractivity (Wildman–Crippen MR) is 143 cm³/mol. The molecule has 3 heterocycles. The molecule has 1 amide bonds. The molecule has 0 aliphatic carbocycles. The van der Waals surface area contributed by atoms with Gasteiger partial charge < -0.3 is 15.2 Å². The Kier molecular flexibility index (Phi) is 6.34. The number of phenols is 1. The number of aromatic hydroxyl groups is 1. The van der Waals surface area contributed by atoms with Crippen LogP contribution in [-0.2, 0) is 4.79 Å². The third kappa shape index (κ3) is 4.27. The molecular weight excluding hydrogens is 494 g/mol. The molecule has 2 aromatic carbocycles. The molecule has 0 saturated heterocycles. The smallest absolute Gasteiger partial charge is 0.271 e. The molecule has 36 heavy (non-hydrogen) atoms. The number of anilines is 1. The number of methoxy groups -OCH3 is 1. The van der Waals surface area contributed by atoms with E-state index in [1.807, 2.05) is 48.7 Å². The number of para-hydroxylation sites is 1. The van der Waals surface area contributed by atoms with Gasteiger partial charge in [-0.05, 0) is 60.7 Å². The SMILES string of the molecule is COc1cc(/C=c2/sc3n(c2=O)[C@H](c2cccs2)C(C(=O)Nc2ccccc2C)=C(C)N=3)ccc1O. The summed E-state index contributed by atoms with van der Waals surface area (Å²) >= 11 is 2.75. The number of phenolic OH excluding ortho intramolecular Hbond substituents is 1. The molecule has 4 aromatic rings. The third-order valence-corrected chi connectivity index (χ3v) is 7.88. The van der Waals surface area contributed by atoms with E-state index >= 15 is 0 Å². The summed E-state index contributed by atoms with van der Waals surface area (Å²) in [5.74, 6) is 0.0502. The van der Waals surface area contributed by atoms with Gasteiger partial charge in [0.1, 0.15) is 6.04 Å². The van der Waals surface area contributed by atoms with E-state index < -0.39 is 6.04 Å². The highest BCUT2D eigenvalue weighted by Crippen LogP contribution is 2.33. The zero-order valence-electron chi connectivity index (χ0n) is 19.8. The average Bonchev–Trinajstić information content (AvgIpc) is 3.49. The highest BCUT2D eigenvalue weighted by molar-refractivity contribution is 7.10. The maximum atomic E-state index is 13.7. The molecule has 2 N–H and O–H groups in total. The summed E-state index contributed by atoms with van der Waals surface area (Å²) in [4.78, 5) is 33.3. The molecule has 1 aliphatic heterocycles. The summed E-state index contributed by atoms with van der Waals surface area (Å²) in [7, 11) is 1.47. The van der Waals surface area contributed by atoms with Crippen molar-refractivity contribution in [3.8, 4) is 11.5 Å². The highest BCUT2D eigenvalue weighted by Gasteiger charge is 2.33. The number of aryl methyl sites for hydroxylation is 1. The van der Waals surface area contributed by atoms with Gasteiger partial charge in [0.2, 0.25) is 0 Å². The number of ether oxygens (including phenoxy) is 1. The van der Waals surface area contributed by atoms with Crippen molar-refractivity contribution in [3.05, 3.63) is 107 Å². The van der Waals surface area contributed by atoms with Crippen molar-refractivity contribution >= 4 is 40.3 Å². The molecule has 0 spiro atoms. The molecular formula is C27H23N3O4S2. The van der Waals surface area contributed by atoms with Crippen LogP contribution in [0.1, 0.15) is 29.0 Å². The first-order valence-electron chi connectivity index (χ1n) is 11.2. The second kappa shape index (κ2) is 9.60. The fourth-order valence-electron chi connectivity index (χ4n) is 4.17. The third-order valence-electron chi connectivity index (χ3n) is 5.97. The fraction of sp³-hybridized carbons (Fsp3) is 0.148. The van der Waals surface area contributed by atoms with Gasteiger partial charge in [-0.1, -0.05) is 41.7 Å². The van der Waals surface area contributed by atoms with E-state index in [0.29, 0.717) is 37.6 Å². The molecule has 5 rings (SSSR count). The van der Waals surface area contributed by atoms with E-state index in [1.165, 1.54) is 35.8 Å². The lowest BCUT2D eigenvalue weighted by Crippen LogP contribution is -2.40. The minimum Gasteiger partial charge on any atom is -0.504 e. The maximum Gasteiger partial charge on any atom is 0.271 e. The Morgan fingerprint density at radius 1 is 1.17 bits per heavy atom. The zero-order chi connectivity index (χ0) is 25.4. The maximum absolute atomic E-state index is 13.7. The van der Waals surface area contributed by atoms with Gasteiger partial charge in [-0.15, -0.1) is 11.3 Å². The first-order chi connectivity index (χ1) is 17.4. The van der Waals surface area contributed by atoms with Crippen LogP contribution >= 0.6 is 22.7 Å². The number of carbonyl (C=O) groups excluding carboxylic acids is 1. The van der Waals surface area contributed by atoms with E-state index in [0.717, 1.165) is 10.4 Å². The Morgan fingerprint density at radius 3 is 2.69 bits per heavy atom. The van der Waals surface area contributed by atoms with Crippen molar-refractivity contribution in [1.29, 1.82) is 0 Å². The second-order valence-corrected chi connectivity index (χ2v) is 10.3. The van der Waals surface area contributed by atoms with Gasteiger partial charge >= 0.3 is 0 Å². The lowest BCUT2D eigenvalue weighted by Gasteiger charge is -2.24. The topological polar surface area (TPSA) is 92.9 Å². The molecule has 0 radical (unpaired) electrons. The second-order valence-electron chi connectivity index (χ2n) is 8.30.